The van der Waals surface area contributed by atoms with Crippen molar-refractivity contribution in [3.05, 3.63) is 11.6 Å². The van der Waals surface area contributed by atoms with E-state index in [0.717, 1.165) is 12.0 Å². The Morgan fingerprint density at radius 1 is 1.19 bits per heavy atom. The van der Waals surface area contributed by atoms with Crippen molar-refractivity contribution in [2.24, 2.45) is 11.8 Å². The van der Waals surface area contributed by atoms with E-state index in [1.807, 2.05) is 13.8 Å². The molecule has 184 valence electrons. The third kappa shape index (κ3) is 6.23. The van der Waals surface area contributed by atoms with Crippen LogP contribution in [-0.4, -0.2) is 73.8 Å². The zero-order valence-electron chi connectivity index (χ0n) is 21.2. The van der Waals surface area contributed by atoms with Crippen molar-refractivity contribution in [2.45, 2.75) is 90.9 Å². The first-order valence-corrected chi connectivity index (χ1v) is 11.5. The fraction of sp³-hybridized carbons (Fsp3) is 0.833. The van der Waals surface area contributed by atoms with Gasteiger partial charge in [-0.15, -0.1) is 0 Å². The minimum atomic E-state index is -1.04. The Labute approximate surface area is 193 Å². The number of rotatable bonds is 8. The molecule has 0 radical (unpaired) electrons. The summed E-state index contributed by atoms with van der Waals surface area (Å²) in [5.41, 5.74) is 0.506. The van der Waals surface area contributed by atoms with Crippen LogP contribution in [0.25, 0.3) is 0 Å². The van der Waals surface area contributed by atoms with Gasteiger partial charge in [0, 0.05) is 26.7 Å². The molecule has 0 spiro atoms. The van der Waals surface area contributed by atoms with Gasteiger partial charge in [0.15, 0.2) is 0 Å². The Morgan fingerprint density at radius 2 is 1.81 bits per heavy atom. The first kappa shape index (κ1) is 26.6. The number of amides is 2. The third-order valence-corrected chi connectivity index (χ3v) is 5.95. The Kier molecular flexibility index (Phi) is 8.76. The quantitative estimate of drug-likeness (QED) is 0.446. The highest BCUT2D eigenvalue weighted by molar-refractivity contribution is 5.86. The summed E-state index contributed by atoms with van der Waals surface area (Å²) in [7, 11) is 3.14. The number of alkyl carbamates (subject to hydrolysis) is 1. The second-order valence-electron chi connectivity index (χ2n) is 10.5. The maximum atomic E-state index is 13.8. The zero-order chi connectivity index (χ0) is 24.3. The fourth-order valence-corrected chi connectivity index (χ4v) is 4.51. The Morgan fingerprint density at radius 3 is 2.31 bits per heavy atom. The Bertz CT molecular complexity index is 691. The SMILES string of the molecule is COC1(OC)CO[C@@H]2[C@H](C=C(C)C)CN(C(=O)[C@H](CCC(C)C)NC(=O)OC(C)(C)C)[C@@H]21. The molecule has 8 heteroatoms. The van der Waals surface area contributed by atoms with E-state index >= 15 is 0 Å². The maximum absolute atomic E-state index is 13.8. The summed E-state index contributed by atoms with van der Waals surface area (Å²) >= 11 is 0. The molecule has 2 amide bonds. The summed E-state index contributed by atoms with van der Waals surface area (Å²) in [5.74, 6) is -0.796. The molecule has 2 saturated heterocycles. The molecule has 0 saturated carbocycles. The number of allylic oxidation sites excluding steroid dienone is 1. The molecule has 8 nitrogen and oxygen atoms in total. The highest BCUT2D eigenvalue weighted by atomic mass is 16.7. The van der Waals surface area contributed by atoms with E-state index in [1.165, 1.54) is 0 Å². The van der Waals surface area contributed by atoms with E-state index in [-0.39, 0.29) is 24.5 Å². The summed E-state index contributed by atoms with van der Waals surface area (Å²) in [4.78, 5) is 28.1. The number of carbonyl (C=O) groups excluding carboxylic acids is 2. The predicted molar refractivity (Wildman–Crippen MR) is 122 cm³/mol. The van der Waals surface area contributed by atoms with Gasteiger partial charge in [0.25, 0.3) is 0 Å². The average molecular weight is 455 g/mol. The number of carbonyl (C=O) groups is 2. The van der Waals surface area contributed by atoms with E-state index in [2.05, 4.69) is 25.2 Å². The van der Waals surface area contributed by atoms with E-state index in [1.54, 1.807) is 39.9 Å². The van der Waals surface area contributed by atoms with Crippen molar-refractivity contribution >= 4 is 12.0 Å². The second-order valence-corrected chi connectivity index (χ2v) is 10.5. The van der Waals surface area contributed by atoms with Crippen molar-refractivity contribution in [2.75, 3.05) is 27.4 Å². The summed E-state index contributed by atoms with van der Waals surface area (Å²) in [6.07, 6.45) is 2.62. The van der Waals surface area contributed by atoms with Crippen LogP contribution < -0.4 is 5.32 Å². The van der Waals surface area contributed by atoms with Gasteiger partial charge in [0.05, 0.1) is 6.10 Å². The maximum Gasteiger partial charge on any atom is 0.408 e. The van der Waals surface area contributed by atoms with E-state index in [4.69, 9.17) is 18.9 Å². The molecule has 2 fully saturated rings. The van der Waals surface area contributed by atoms with Crippen LogP contribution in [0.2, 0.25) is 0 Å². The summed E-state index contributed by atoms with van der Waals surface area (Å²) in [6, 6.07) is -1.11. The highest BCUT2D eigenvalue weighted by Crippen LogP contribution is 2.42. The molecule has 4 atom stereocenters. The minimum absolute atomic E-state index is 0.0217. The van der Waals surface area contributed by atoms with Gasteiger partial charge < -0.3 is 29.2 Å². The number of likely N-dealkylation sites (tertiary alicyclic amines) is 1. The van der Waals surface area contributed by atoms with Gasteiger partial charge in [0.2, 0.25) is 11.7 Å². The molecule has 2 heterocycles. The lowest BCUT2D eigenvalue weighted by Crippen LogP contribution is -2.59. The van der Waals surface area contributed by atoms with Crippen LogP contribution in [0, 0.1) is 11.8 Å². The first-order chi connectivity index (χ1) is 14.8. The topological polar surface area (TPSA) is 86.3 Å². The van der Waals surface area contributed by atoms with Gasteiger partial charge in [-0.2, -0.15) is 0 Å². The molecule has 0 bridgehead atoms. The predicted octanol–water partition coefficient (Wildman–Crippen LogP) is 3.50. The molecule has 0 aromatic heterocycles. The number of hydrogen-bond acceptors (Lipinski definition) is 6. The number of nitrogens with one attached hydrogen (secondary N) is 1. The molecule has 0 aromatic carbocycles. The molecule has 2 aliphatic rings. The lowest BCUT2D eigenvalue weighted by atomic mass is 9.97. The number of methoxy groups -OCH3 is 2. The fourth-order valence-electron chi connectivity index (χ4n) is 4.51. The molecule has 1 N–H and O–H groups in total. The largest absolute Gasteiger partial charge is 0.444 e. The van der Waals surface area contributed by atoms with Crippen molar-refractivity contribution in [3.63, 3.8) is 0 Å². The Balaban J connectivity index is 2.33. The van der Waals surface area contributed by atoms with Crippen LogP contribution in [-0.2, 0) is 23.7 Å². The molecular formula is C24H42N2O6. The monoisotopic (exact) mass is 454 g/mol. The van der Waals surface area contributed by atoms with E-state index < -0.39 is 29.6 Å². The minimum Gasteiger partial charge on any atom is -0.444 e. The third-order valence-electron chi connectivity index (χ3n) is 5.95. The normalized spacial score (nSPS) is 25.4. The van der Waals surface area contributed by atoms with Crippen LogP contribution in [0.4, 0.5) is 4.79 Å². The van der Waals surface area contributed by atoms with Crippen molar-refractivity contribution in [3.8, 4) is 0 Å². The summed E-state index contributed by atoms with van der Waals surface area (Å²) in [6.45, 7) is 14.4. The molecule has 0 unspecified atom stereocenters. The Hall–Kier alpha value is -1.64. The van der Waals surface area contributed by atoms with Crippen LogP contribution >= 0.6 is 0 Å². The number of hydrogen-bond donors (Lipinski definition) is 1. The van der Waals surface area contributed by atoms with Crippen LogP contribution in [0.3, 0.4) is 0 Å². The smallest absolute Gasteiger partial charge is 0.408 e. The molecule has 0 aliphatic carbocycles. The van der Waals surface area contributed by atoms with Gasteiger partial charge in [-0.05, 0) is 53.4 Å². The van der Waals surface area contributed by atoms with Crippen molar-refractivity contribution in [1.82, 2.24) is 10.2 Å². The first-order valence-electron chi connectivity index (χ1n) is 11.5. The van der Waals surface area contributed by atoms with Crippen molar-refractivity contribution in [1.29, 1.82) is 0 Å². The highest BCUT2D eigenvalue weighted by Gasteiger charge is 2.61. The van der Waals surface area contributed by atoms with Crippen LogP contribution in [0.5, 0.6) is 0 Å². The molecule has 0 aromatic rings. The van der Waals surface area contributed by atoms with E-state index in [0.29, 0.717) is 18.9 Å². The summed E-state index contributed by atoms with van der Waals surface area (Å²) in [5, 5.41) is 2.81. The molecule has 2 rings (SSSR count). The van der Waals surface area contributed by atoms with Crippen LogP contribution in [0.15, 0.2) is 11.6 Å². The molecule has 2 aliphatic heterocycles. The number of nitrogens with zero attached hydrogens (tertiary/aromatic N) is 1. The second kappa shape index (κ2) is 10.5. The lowest BCUT2D eigenvalue weighted by Gasteiger charge is -2.37. The standard InChI is InChI=1S/C24H42N2O6/c1-15(2)10-11-18(25-22(28)32-23(5,6)7)21(27)26-13-17(12-16(3)4)19-20(26)24(29-8,30-9)14-31-19/h12,15,17-20H,10-11,13-14H2,1-9H3,(H,25,28)/t17-,18+,19-,20+/m1/s1. The van der Waals surface area contributed by atoms with Gasteiger partial charge in [-0.3, -0.25) is 4.79 Å². The lowest BCUT2D eigenvalue weighted by molar-refractivity contribution is -0.227. The van der Waals surface area contributed by atoms with E-state index in [9.17, 15) is 9.59 Å². The van der Waals surface area contributed by atoms with Gasteiger partial charge >= 0.3 is 6.09 Å². The average Bonchev–Trinajstić information content (AvgIpc) is 3.22. The number of ether oxygens (including phenoxy) is 4. The van der Waals surface area contributed by atoms with Gasteiger partial charge in [-0.25, -0.2) is 4.79 Å². The van der Waals surface area contributed by atoms with Crippen molar-refractivity contribution < 1.29 is 28.5 Å². The number of fused-ring (bicyclic) bond motifs is 1. The van der Waals surface area contributed by atoms with Crippen LogP contribution in [0.1, 0.15) is 61.3 Å². The molecule has 32 heavy (non-hydrogen) atoms. The van der Waals surface area contributed by atoms with Gasteiger partial charge in [0.1, 0.15) is 24.3 Å². The molecular weight excluding hydrogens is 412 g/mol. The summed E-state index contributed by atoms with van der Waals surface area (Å²) < 4.78 is 23.0. The zero-order valence-corrected chi connectivity index (χ0v) is 21.2. The van der Waals surface area contributed by atoms with Gasteiger partial charge in [-0.1, -0.05) is 25.5 Å².